The second-order valence-corrected chi connectivity index (χ2v) is 5.34. The molecular weight excluding hydrogens is 306 g/mol. The van der Waals surface area contributed by atoms with E-state index in [-0.39, 0.29) is 5.69 Å². The van der Waals surface area contributed by atoms with Crippen LogP contribution in [0.4, 0.5) is 5.82 Å². The molecule has 0 bridgehead atoms. The van der Waals surface area contributed by atoms with Crippen LogP contribution in [0.25, 0.3) is 21.8 Å². The summed E-state index contributed by atoms with van der Waals surface area (Å²) in [5, 5.41) is 14.1. The summed E-state index contributed by atoms with van der Waals surface area (Å²) < 4.78 is 0. The van der Waals surface area contributed by atoms with Crippen LogP contribution in [-0.4, -0.2) is 31.0 Å². The number of pyridine rings is 3. The second-order valence-electron chi connectivity index (χ2n) is 5.34. The number of nitrogens with zero attached hydrogens (tertiary/aromatic N) is 3. The fourth-order valence-electron chi connectivity index (χ4n) is 2.66. The van der Waals surface area contributed by atoms with E-state index in [2.05, 4.69) is 25.3 Å². The van der Waals surface area contributed by atoms with Crippen molar-refractivity contribution in [2.24, 2.45) is 0 Å². The van der Waals surface area contributed by atoms with Crippen molar-refractivity contribution in [2.45, 2.75) is 6.54 Å². The third-order valence-corrected chi connectivity index (χ3v) is 3.79. The zero-order chi connectivity index (χ0) is 16.5. The van der Waals surface area contributed by atoms with Gasteiger partial charge in [-0.2, -0.15) is 0 Å². The van der Waals surface area contributed by atoms with E-state index in [1.165, 1.54) is 0 Å². The molecule has 4 rings (SSSR count). The van der Waals surface area contributed by atoms with Gasteiger partial charge in [0.25, 0.3) is 0 Å². The quantitative estimate of drug-likeness (QED) is 0.534. The highest BCUT2D eigenvalue weighted by molar-refractivity contribution is 6.10. The molecule has 0 saturated carbocycles. The highest BCUT2D eigenvalue weighted by Gasteiger charge is 2.14. The maximum atomic E-state index is 11.3. The molecule has 0 saturated heterocycles. The molecule has 24 heavy (non-hydrogen) atoms. The number of carboxylic acid groups (broad SMARTS) is 1. The van der Waals surface area contributed by atoms with Crippen LogP contribution < -0.4 is 5.32 Å². The van der Waals surface area contributed by atoms with E-state index in [0.717, 1.165) is 21.9 Å². The van der Waals surface area contributed by atoms with E-state index in [1.54, 1.807) is 30.9 Å². The first-order valence-electron chi connectivity index (χ1n) is 7.35. The Morgan fingerprint density at radius 2 is 2.04 bits per heavy atom. The number of fused-ring (bicyclic) bond motifs is 3. The molecule has 0 atom stereocenters. The first-order chi connectivity index (χ1) is 11.7. The zero-order valence-electron chi connectivity index (χ0n) is 12.5. The molecule has 4 aromatic heterocycles. The number of aromatic carboxylic acids is 1. The van der Waals surface area contributed by atoms with Crippen LogP contribution in [0.15, 0.2) is 49.1 Å². The number of aromatic nitrogens is 4. The van der Waals surface area contributed by atoms with Crippen LogP contribution in [0.2, 0.25) is 0 Å². The minimum absolute atomic E-state index is 0.126. The van der Waals surface area contributed by atoms with Crippen LogP contribution in [-0.2, 0) is 6.54 Å². The summed E-state index contributed by atoms with van der Waals surface area (Å²) in [6, 6.07) is 7.23. The fraction of sp³-hybridized carbons (Fsp3) is 0.0588. The summed E-state index contributed by atoms with van der Waals surface area (Å²) >= 11 is 0. The third-order valence-electron chi connectivity index (χ3n) is 3.79. The first-order valence-corrected chi connectivity index (χ1v) is 7.35. The van der Waals surface area contributed by atoms with Gasteiger partial charge in [-0.1, -0.05) is 6.07 Å². The number of carbonyl (C=O) groups is 1. The number of nitrogens with one attached hydrogen (secondary N) is 2. The molecule has 7 nitrogen and oxygen atoms in total. The molecule has 0 aliphatic rings. The highest BCUT2D eigenvalue weighted by Crippen LogP contribution is 2.29. The molecule has 0 fully saturated rings. The Balaban J connectivity index is 1.84. The van der Waals surface area contributed by atoms with Crippen molar-refractivity contribution in [2.75, 3.05) is 5.32 Å². The lowest BCUT2D eigenvalue weighted by atomic mass is 10.2. The Bertz CT molecular complexity index is 1040. The van der Waals surface area contributed by atoms with E-state index in [9.17, 15) is 9.90 Å². The Hall–Kier alpha value is -3.48. The van der Waals surface area contributed by atoms with Gasteiger partial charge in [-0.15, -0.1) is 0 Å². The number of anilines is 1. The van der Waals surface area contributed by atoms with Gasteiger partial charge in [0.2, 0.25) is 0 Å². The van der Waals surface area contributed by atoms with Crippen molar-refractivity contribution in [3.8, 4) is 0 Å². The monoisotopic (exact) mass is 319 g/mol. The van der Waals surface area contributed by atoms with Gasteiger partial charge in [-0.05, 0) is 23.8 Å². The van der Waals surface area contributed by atoms with E-state index in [1.807, 2.05) is 18.2 Å². The number of carboxylic acids is 1. The van der Waals surface area contributed by atoms with Gasteiger partial charge in [0, 0.05) is 35.9 Å². The lowest BCUT2D eigenvalue weighted by Crippen LogP contribution is -2.02. The van der Waals surface area contributed by atoms with Crippen molar-refractivity contribution in [1.29, 1.82) is 0 Å². The predicted octanol–water partition coefficient (Wildman–Crippen LogP) is 2.82. The van der Waals surface area contributed by atoms with Crippen molar-refractivity contribution in [3.63, 3.8) is 0 Å². The fourth-order valence-corrected chi connectivity index (χ4v) is 2.66. The molecule has 0 aliphatic carbocycles. The van der Waals surface area contributed by atoms with E-state index >= 15 is 0 Å². The van der Waals surface area contributed by atoms with Gasteiger partial charge in [0.1, 0.15) is 11.5 Å². The molecule has 118 valence electrons. The van der Waals surface area contributed by atoms with Crippen LogP contribution in [0.1, 0.15) is 16.1 Å². The van der Waals surface area contributed by atoms with Crippen LogP contribution >= 0.6 is 0 Å². The van der Waals surface area contributed by atoms with Crippen molar-refractivity contribution < 1.29 is 9.90 Å². The molecular formula is C17H13N5O2. The minimum atomic E-state index is -1.01. The standard InChI is InChI=1S/C17H13N5O2/c23-17(24)13-6-12-15(21-13)11-3-5-19-9-14(11)22-16(12)20-8-10-2-1-4-18-7-10/h1-7,9,21H,8H2,(H,20,22)(H,23,24). The highest BCUT2D eigenvalue weighted by atomic mass is 16.4. The zero-order valence-corrected chi connectivity index (χ0v) is 12.5. The number of rotatable bonds is 4. The lowest BCUT2D eigenvalue weighted by molar-refractivity contribution is 0.0691. The number of hydrogen-bond acceptors (Lipinski definition) is 5. The Kier molecular flexibility index (Phi) is 3.31. The Labute approximate surface area is 136 Å². The molecule has 0 radical (unpaired) electrons. The molecule has 0 unspecified atom stereocenters. The molecule has 0 spiro atoms. The normalized spacial score (nSPS) is 11.0. The van der Waals surface area contributed by atoms with Gasteiger partial charge < -0.3 is 15.4 Å². The summed E-state index contributed by atoms with van der Waals surface area (Å²) in [4.78, 5) is 27.0. The van der Waals surface area contributed by atoms with E-state index < -0.39 is 5.97 Å². The predicted molar refractivity (Wildman–Crippen MR) is 89.9 cm³/mol. The molecule has 0 aliphatic heterocycles. The summed E-state index contributed by atoms with van der Waals surface area (Å²) in [6.45, 7) is 0.537. The SMILES string of the molecule is O=C(O)c1cc2c(NCc3cccnc3)nc3cnccc3c2[nH]1. The Morgan fingerprint density at radius 1 is 1.17 bits per heavy atom. The first kappa shape index (κ1) is 14.1. The van der Waals surface area contributed by atoms with Gasteiger partial charge >= 0.3 is 5.97 Å². The van der Waals surface area contributed by atoms with Crippen molar-refractivity contribution >= 4 is 33.6 Å². The van der Waals surface area contributed by atoms with Crippen LogP contribution in [0, 0.1) is 0 Å². The molecule has 7 heteroatoms. The summed E-state index contributed by atoms with van der Waals surface area (Å²) in [5.41, 5.74) is 2.55. The summed E-state index contributed by atoms with van der Waals surface area (Å²) in [5.74, 6) is -0.398. The molecule has 4 heterocycles. The van der Waals surface area contributed by atoms with Gasteiger partial charge in [-0.25, -0.2) is 9.78 Å². The van der Waals surface area contributed by atoms with Crippen molar-refractivity contribution in [1.82, 2.24) is 19.9 Å². The second kappa shape index (κ2) is 5.62. The van der Waals surface area contributed by atoms with Crippen LogP contribution in [0.3, 0.4) is 0 Å². The Morgan fingerprint density at radius 3 is 2.83 bits per heavy atom. The average Bonchev–Trinajstić information content (AvgIpc) is 3.07. The summed E-state index contributed by atoms with van der Waals surface area (Å²) in [6.07, 6.45) is 6.80. The topological polar surface area (TPSA) is 104 Å². The number of aromatic amines is 1. The smallest absolute Gasteiger partial charge is 0.352 e. The molecule has 0 amide bonds. The lowest BCUT2D eigenvalue weighted by Gasteiger charge is -2.08. The minimum Gasteiger partial charge on any atom is -0.477 e. The van der Waals surface area contributed by atoms with Gasteiger partial charge in [0.05, 0.1) is 17.2 Å². The summed E-state index contributed by atoms with van der Waals surface area (Å²) in [7, 11) is 0. The van der Waals surface area contributed by atoms with Gasteiger partial charge in [-0.3, -0.25) is 9.97 Å². The van der Waals surface area contributed by atoms with Crippen LogP contribution in [0.5, 0.6) is 0 Å². The molecule has 0 aromatic carbocycles. The van der Waals surface area contributed by atoms with E-state index in [0.29, 0.717) is 17.9 Å². The molecule has 4 aromatic rings. The van der Waals surface area contributed by atoms with Gasteiger partial charge in [0.15, 0.2) is 0 Å². The third kappa shape index (κ3) is 2.41. The largest absolute Gasteiger partial charge is 0.477 e. The van der Waals surface area contributed by atoms with E-state index in [4.69, 9.17) is 0 Å². The van der Waals surface area contributed by atoms with Crippen molar-refractivity contribution in [3.05, 3.63) is 60.3 Å². The number of H-pyrrole nitrogens is 1. The maximum absolute atomic E-state index is 11.3. The maximum Gasteiger partial charge on any atom is 0.352 e. The number of hydrogen-bond donors (Lipinski definition) is 3. The average molecular weight is 319 g/mol. The molecule has 3 N–H and O–H groups in total.